The van der Waals surface area contributed by atoms with Gasteiger partial charge in [-0.1, -0.05) is 18.2 Å². The zero-order valence-electron chi connectivity index (χ0n) is 14.7. The van der Waals surface area contributed by atoms with Gasteiger partial charge in [-0.3, -0.25) is 4.21 Å². The van der Waals surface area contributed by atoms with Gasteiger partial charge in [0, 0.05) is 33.1 Å². The van der Waals surface area contributed by atoms with E-state index in [-0.39, 0.29) is 34.3 Å². The Bertz CT molecular complexity index is 1140. The van der Waals surface area contributed by atoms with Gasteiger partial charge in [-0.15, -0.1) is 0 Å². The molecular formula is C20H19N3O3S. The zero-order valence-corrected chi connectivity index (χ0v) is 15.5. The predicted octanol–water partition coefficient (Wildman–Crippen LogP) is 0.931. The molecule has 138 valence electrons. The van der Waals surface area contributed by atoms with Gasteiger partial charge >= 0.3 is 11.4 Å². The van der Waals surface area contributed by atoms with Gasteiger partial charge in [0.25, 0.3) is 0 Å². The fourth-order valence-electron chi connectivity index (χ4n) is 8.93. The Labute approximate surface area is 157 Å². The maximum Gasteiger partial charge on any atom is 0.352 e. The van der Waals surface area contributed by atoms with Crippen LogP contribution >= 0.6 is 0 Å². The summed E-state index contributed by atoms with van der Waals surface area (Å²) in [6.45, 7) is 0. The Balaban J connectivity index is 1.43. The minimum Gasteiger partial charge on any atom is -0.260 e. The molecule has 0 radical (unpaired) electrons. The Morgan fingerprint density at radius 3 is 1.96 bits per heavy atom. The monoisotopic (exact) mass is 381 g/mol. The lowest BCUT2D eigenvalue weighted by molar-refractivity contribution is -0.00192. The zero-order chi connectivity index (χ0) is 17.9. The first-order chi connectivity index (χ1) is 13.1. The van der Waals surface area contributed by atoms with Crippen molar-refractivity contribution in [3.05, 3.63) is 51.3 Å². The predicted molar refractivity (Wildman–Crippen MR) is 98.3 cm³/mol. The molecule has 2 aromatic rings. The molecule has 5 fully saturated rings. The van der Waals surface area contributed by atoms with Gasteiger partial charge in [0.1, 0.15) is 0 Å². The maximum atomic E-state index is 13.4. The van der Waals surface area contributed by atoms with Crippen LogP contribution in [0.25, 0.3) is 5.69 Å². The largest absolute Gasteiger partial charge is 0.352 e. The van der Waals surface area contributed by atoms with Crippen molar-refractivity contribution in [3.8, 4) is 5.69 Å². The van der Waals surface area contributed by atoms with E-state index >= 15 is 0 Å². The van der Waals surface area contributed by atoms with Crippen LogP contribution < -0.4 is 11.4 Å². The van der Waals surface area contributed by atoms with E-state index in [2.05, 4.69) is 0 Å². The number of benzene rings is 1. The summed E-state index contributed by atoms with van der Waals surface area (Å²) < 4.78 is 17.4. The summed E-state index contributed by atoms with van der Waals surface area (Å²) in [6, 6.07) is 9.62. The molecule has 2 spiro atoms. The molecule has 2 bridgehead atoms. The van der Waals surface area contributed by atoms with Gasteiger partial charge in [0.05, 0.1) is 17.8 Å². The third-order valence-corrected chi connectivity index (χ3v) is 10.6. The summed E-state index contributed by atoms with van der Waals surface area (Å²) >= 11 is 0. The van der Waals surface area contributed by atoms with E-state index in [4.69, 9.17) is 0 Å². The van der Waals surface area contributed by atoms with Crippen molar-refractivity contribution in [2.45, 2.75) is 24.9 Å². The first-order valence-electron chi connectivity index (χ1n) is 10.0. The molecule has 1 aromatic heterocycles. The maximum absolute atomic E-state index is 13.4. The molecule has 3 aliphatic heterocycles. The number of para-hydroxylation sites is 1. The van der Waals surface area contributed by atoms with Gasteiger partial charge in [-0.25, -0.2) is 23.5 Å². The van der Waals surface area contributed by atoms with Gasteiger partial charge in [0.2, 0.25) is 0 Å². The van der Waals surface area contributed by atoms with Gasteiger partial charge in [-0.05, 0) is 48.6 Å². The van der Waals surface area contributed by atoms with E-state index < -0.39 is 10.8 Å². The Morgan fingerprint density at radius 1 is 0.852 bits per heavy atom. The van der Waals surface area contributed by atoms with Crippen molar-refractivity contribution in [3.63, 3.8) is 0 Å². The number of rotatable bonds is 1. The van der Waals surface area contributed by atoms with E-state index in [1.807, 2.05) is 39.7 Å². The number of hydrogen-bond acceptors (Lipinski definition) is 3. The Kier molecular flexibility index (Phi) is 2.00. The molecule has 9 rings (SSSR count). The second kappa shape index (κ2) is 3.81. The highest BCUT2D eigenvalue weighted by atomic mass is 32.2. The van der Waals surface area contributed by atoms with Crippen molar-refractivity contribution in [1.29, 1.82) is 0 Å². The third kappa shape index (κ3) is 1.11. The molecule has 4 aliphatic carbocycles. The molecule has 4 saturated carbocycles. The minimum absolute atomic E-state index is 0.146. The fourth-order valence-corrected chi connectivity index (χ4v) is 10.3. The van der Waals surface area contributed by atoms with E-state index in [9.17, 15) is 13.8 Å². The van der Waals surface area contributed by atoms with Crippen LogP contribution in [0.4, 0.5) is 0 Å². The van der Waals surface area contributed by atoms with Crippen LogP contribution in [0.3, 0.4) is 0 Å². The van der Waals surface area contributed by atoms with Crippen LogP contribution in [-0.4, -0.2) is 29.6 Å². The molecular weight excluding hydrogens is 362 g/mol. The fraction of sp³-hybridized carbons (Fsp3) is 0.600. The van der Waals surface area contributed by atoms with Gasteiger partial charge in [0.15, 0.2) is 0 Å². The Morgan fingerprint density at radius 2 is 1.41 bits per heavy atom. The second-order valence-electron chi connectivity index (χ2n) is 9.45. The lowest BCUT2D eigenvalue weighted by atomic mass is 9.69. The van der Waals surface area contributed by atoms with E-state index in [0.717, 1.165) is 24.3 Å². The summed E-state index contributed by atoms with van der Waals surface area (Å²) in [6.07, 6.45) is 1.95. The smallest absolute Gasteiger partial charge is 0.260 e. The highest BCUT2D eigenvalue weighted by molar-refractivity contribution is 7.84. The van der Waals surface area contributed by atoms with Crippen molar-refractivity contribution in [2.24, 2.45) is 34.5 Å². The molecule has 0 unspecified atom stereocenters. The molecule has 7 heteroatoms. The molecule has 0 amide bonds. The van der Waals surface area contributed by atoms with Crippen LogP contribution in [-0.2, 0) is 10.8 Å². The normalized spacial score (nSPS) is 51.5. The van der Waals surface area contributed by atoms with E-state index in [0.29, 0.717) is 29.4 Å². The summed E-state index contributed by atoms with van der Waals surface area (Å²) in [4.78, 5) is 26.9. The number of hydrogen-bond donors (Lipinski definition) is 0. The molecule has 7 aliphatic rings. The molecule has 0 N–H and O–H groups in total. The van der Waals surface area contributed by atoms with Crippen molar-refractivity contribution < 1.29 is 4.21 Å². The quantitative estimate of drug-likeness (QED) is 0.738. The van der Waals surface area contributed by atoms with E-state index in [1.54, 1.807) is 0 Å². The first-order valence-corrected chi connectivity index (χ1v) is 11.5. The lowest BCUT2D eigenvalue weighted by Crippen LogP contribution is -2.52. The van der Waals surface area contributed by atoms with Crippen LogP contribution in [0, 0.1) is 34.5 Å². The van der Waals surface area contributed by atoms with Crippen molar-refractivity contribution in [1.82, 2.24) is 13.9 Å². The summed E-state index contributed by atoms with van der Waals surface area (Å²) in [5, 5.41) is 0. The summed E-state index contributed by atoms with van der Waals surface area (Å²) in [5.74, 6) is 4.08. The average molecular weight is 381 g/mol. The third-order valence-electron chi connectivity index (χ3n) is 9.29. The summed E-state index contributed by atoms with van der Waals surface area (Å²) in [7, 11) is -0.742. The van der Waals surface area contributed by atoms with Gasteiger partial charge in [-0.2, -0.15) is 0 Å². The molecule has 27 heavy (non-hydrogen) atoms. The SMILES string of the molecule is O=c1n(-c2ccccc2)c(=O)n2n1[C@H]1[C@H]3C4C5[C@]16CCS(=O)CC[C@]56[C@@H]2[C@@H]43. The molecule has 6 nitrogen and oxygen atoms in total. The average Bonchev–Trinajstić information content (AvgIpc) is 3.45. The van der Waals surface area contributed by atoms with Crippen molar-refractivity contribution >= 4 is 10.8 Å². The van der Waals surface area contributed by atoms with Crippen molar-refractivity contribution in [2.75, 3.05) is 11.5 Å². The summed E-state index contributed by atoms with van der Waals surface area (Å²) in [5.41, 5.74) is 0.602. The van der Waals surface area contributed by atoms with E-state index in [1.165, 1.54) is 4.57 Å². The van der Waals surface area contributed by atoms with Gasteiger partial charge < -0.3 is 0 Å². The molecule has 4 heterocycles. The van der Waals surface area contributed by atoms with Crippen LogP contribution in [0.2, 0.25) is 0 Å². The lowest BCUT2D eigenvalue weighted by Gasteiger charge is -2.47. The topological polar surface area (TPSA) is 66.0 Å². The van der Waals surface area contributed by atoms with Crippen LogP contribution in [0.1, 0.15) is 24.9 Å². The Hall–Kier alpha value is -1.89. The number of nitrogens with zero attached hydrogens (tertiary/aromatic N) is 3. The highest BCUT2D eigenvalue weighted by Gasteiger charge is 3.02. The number of aromatic nitrogens is 3. The first kappa shape index (κ1) is 14.2. The molecule has 6 atom stereocenters. The second-order valence-corrected chi connectivity index (χ2v) is 11.1. The van der Waals surface area contributed by atoms with Crippen LogP contribution in [0.5, 0.6) is 0 Å². The highest BCUT2D eigenvalue weighted by Crippen LogP contribution is 3.03. The standard InChI is InChI=1S/C20H19N3O3S/c24-17-21(10-4-2-1-3-5-10)18(25)23-16-13-11-12(13)15(22(17)23)19-6-8-27(26)9-7-20(16,19)14(11)19/h1-5,11-16H,6-9H2/t11?,12-,13-,14?,15-,16-,19+,20+,27?/m0/s1. The molecule has 1 saturated heterocycles. The molecule has 1 aromatic carbocycles. The van der Waals surface area contributed by atoms with Crippen LogP contribution in [0.15, 0.2) is 39.9 Å². The minimum atomic E-state index is -0.742.